The molecule has 0 radical (unpaired) electrons. The number of aryl methyl sites for hydroxylation is 7. The van der Waals surface area contributed by atoms with Gasteiger partial charge in [0.2, 0.25) is 0 Å². The average Bonchev–Trinajstić information content (AvgIpc) is 3.66. The molecule has 0 aliphatic carbocycles. The molecule has 3 unspecified atom stereocenters. The van der Waals surface area contributed by atoms with Crippen LogP contribution in [0.15, 0.2) is 93.3 Å². The van der Waals surface area contributed by atoms with Crippen LogP contribution < -0.4 is 13.6 Å². The number of benzene rings is 6. The first-order valence-corrected chi connectivity index (χ1v) is 32.2. The van der Waals surface area contributed by atoms with E-state index in [2.05, 4.69) is 111 Å². The predicted molar refractivity (Wildman–Crippen MR) is 325 cm³/mol. The van der Waals surface area contributed by atoms with Crippen LogP contribution in [0.25, 0.3) is 43.8 Å². The molecule has 77 heavy (non-hydrogen) atoms. The van der Waals surface area contributed by atoms with Crippen LogP contribution in [0.3, 0.4) is 0 Å². The molecule has 6 aromatic carbocycles. The van der Waals surface area contributed by atoms with Gasteiger partial charge in [-0.05, 0) is 194 Å². The third-order valence-corrected chi connectivity index (χ3v) is 17.4. The molecule has 0 spiro atoms. The van der Waals surface area contributed by atoms with Gasteiger partial charge >= 0.3 is 22.8 Å². The summed E-state index contributed by atoms with van der Waals surface area (Å²) in [6, 6.07) is 30.8. The van der Waals surface area contributed by atoms with Gasteiger partial charge < -0.3 is 26.5 Å². The SMILES string of the molecule is CCCCc1cc(CCCC)c(OP2OC(=O)c3cc4ccccc4cc3O2)c(-c2cc(CCCC)cc(CCCC)c2Op2oc3c(CCCC)cc(CCCC)cc3c3cc(CCCC)cc(C(C)CCC)c3o2)c1. The molecule has 0 fully saturated rings. The summed E-state index contributed by atoms with van der Waals surface area (Å²) in [6.07, 6.45) is 23.5. The van der Waals surface area contributed by atoms with Crippen molar-refractivity contribution in [3.05, 3.63) is 135 Å². The minimum Gasteiger partial charge on any atom is -0.408 e. The van der Waals surface area contributed by atoms with Gasteiger partial charge in [-0.25, -0.2) is 4.79 Å². The molecule has 0 saturated carbocycles. The van der Waals surface area contributed by atoms with Crippen molar-refractivity contribution in [2.45, 2.75) is 216 Å². The van der Waals surface area contributed by atoms with Gasteiger partial charge in [-0.1, -0.05) is 162 Å². The van der Waals surface area contributed by atoms with Gasteiger partial charge in [0.25, 0.3) is 0 Å². The number of rotatable bonds is 29. The van der Waals surface area contributed by atoms with Crippen molar-refractivity contribution < 1.29 is 31.3 Å². The first-order valence-electron chi connectivity index (χ1n) is 30.0. The average molecular weight is 1080 g/mol. The van der Waals surface area contributed by atoms with Gasteiger partial charge in [-0.15, -0.1) is 0 Å². The summed E-state index contributed by atoms with van der Waals surface area (Å²) in [5.74, 6) is 1.72. The van der Waals surface area contributed by atoms with Crippen LogP contribution in [0, 0.1) is 0 Å². The Morgan fingerprint density at radius 2 is 0.909 bits per heavy atom. The maximum atomic E-state index is 14.0. The molecular weight excluding hydrogens is 991 g/mol. The van der Waals surface area contributed by atoms with Crippen LogP contribution in [0.1, 0.15) is 226 Å². The Balaban J connectivity index is 1.42. The smallest absolute Gasteiger partial charge is 0.408 e. The summed E-state index contributed by atoms with van der Waals surface area (Å²) in [4.78, 5) is 14.0. The summed E-state index contributed by atoms with van der Waals surface area (Å²) < 4.78 is 42.7. The van der Waals surface area contributed by atoms with Crippen molar-refractivity contribution in [1.29, 1.82) is 0 Å². The van der Waals surface area contributed by atoms with Gasteiger partial charge in [-0.3, -0.25) is 0 Å². The fraction of sp³-hybridized carbons (Fsp3) is 0.485. The number of fused-ring (bicyclic) bond motifs is 5. The van der Waals surface area contributed by atoms with E-state index in [1.54, 1.807) is 0 Å². The molecule has 1 aliphatic rings. The van der Waals surface area contributed by atoms with E-state index in [0.29, 0.717) is 17.1 Å². The molecule has 412 valence electrons. The summed E-state index contributed by atoms with van der Waals surface area (Å²) in [6.45, 7) is 20.5. The van der Waals surface area contributed by atoms with E-state index in [4.69, 9.17) is 26.5 Å². The molecule has 7 nitrogen and oxygen atoms in total. The van der Waals surface area contributed by atoms with Gasteiger partial charge in [-0.2, -0.15) is 0 Å². The van der Waals surface area contributed by atoms with Crippen LogP contribution in [-0.2, 0) is 49.5 Å². The van der Waals surface area contributed by atoms with E-state index in [1.165, 1.54) is 33.4 Å². The zero-order valence-electron chi connectivity index (χ0n) is 48.2. The molecule has 1 aromatic heterocycles. The molecule has 8 rings (SSSR count). The Kier molecular flexibility index (Phi) is 21.5. The maximum Gasteiger partial charge on any atom is 0.532 e. The van der Waals surface area contributed by atoms with Crippen molar-refractivity contribution in [3.63, 3.8) is 0 Å². The van der Waals surface area contributed by atoms with Gasteiger partial charge in [0, 0.05) is 21.9 Å². The van der Waals surface area contributed by atoms with Crippen molar-refractivity contribution in [1.82, 2.24) is 0 Å². The van der Waals surface area contributed by atoms with Crippen LogP contribution in [0.2, 0.25) is 0 Å². The predicted octanol–water partition coefficient (Wildman–Crippen LogP) is 22.1. The van der Waals surface area contributed by atoms with E-state index >= 15 is 0 Å². The van der Waals surface area contributed by atoms with E-state index in [0.717, 1.165) is 208 Å². The number of carbonyl (C=O) groups is 1. The van der Waals surface area contributed by atoms with Crippen LogP contribution >= 0.6 is 16.8 Å². The van der Waals surface area contributed by atoms with Gasteiger partial charge in [0.1, 0.15) is 34.0 Å². The Bertz CT molecular complexity index is 3140. The van der Waals surface area contributed by atoms with Crippen LogP contribution in [0.4, 0.5) is 0 Å². The molecule has 7 aromatic rings. The Morgan fingerprint density at radius 1 is 0.455 bits per heavy atom. The Morgan fingerprint density at radius 3 is 1.45 bits per heavy atom. The lowest BCUT2D eigenvalue weighted by Crippen LogP contribution is -2.15. The Labute approximate surface area is 463 Å². The number of unbranched alkanes of at least 4 members (excludes halogenated alkanes) is 7. The summed E-state index contributed by atoms with van der Waals surface area (Å²) >= 11 is 0. The first kappa shape index (κ1) is 57.9. The second-order valence-corrected chi connectivity index (χ2v) is 23.8. The molecule has 0 bridgehead atoms. The lowest BCUT2D eigenvalue weighted by molar-refractivity contribution is 0.0697. The minimum atomic E-state index is -2.18. The lowest BCUT2D eigenvalue weighted by atomic mass is 9.90. The normalized spacial score (nSPS) is 14.0. The van der Waals surface area contributed by atoms with E-state index in [-0.39, 0.29) is 5.92 Å². The molecule has 0 amide bonds. The highest BCUT2D eigenvalue weighted by molar-refractivity contribution is 7.43. The van der Waals surface area contributed by atoms with E-state index < -0.39 is 22.8 Å². The van der Waals surface area contributed by atoms with Crippen molar-refractivity contribution in [3.8, 4) is 28.4 Å². The molecule has 0 saturated heterocycles. The van der Waals surface area contributed by atoms with Crippen molar-refractivity contribution in [2.75, 3.05) is 0 Å². The number of hydrogen-bond acceptors (Lipinski definition) is 7. The van der Waals surface area contributed by atoms with E-state index in [9.17, 15) is 4.79 Å². The highest BCUT2D eigenvalue weighted by Gasteiger charge is 2.35. The summed E-state index contributed by atoms with van der Waals surface area (Å²) in [7, 11) is -4.25. The molecule has 2 heterocycles. The zero-order valence-corrected chi connectivity index (χ0v) is 50.0. The van der Waals surface area contributed by atoms with Crippen LogP contribution in [0.5, 0.6) is 17.2 Å². The molecule has 9 heteroatoms. The quantitative estimate of drug-likeness (QED) is 0.0432. The Hall–Kier alpha value is -5.22. The van der Waals surface area contributed by atoms with Crippen molar-refractivity contribution in [2.24, 2.45) is 0 Å². The van der Waals surface area contributed by atoms with Gasteiger partial charge in [0.05, 0.1) is 0 Å². The van der Waals surface area contributed by atoms with Gasteiger partial charge in [0.15, 0.2) is 0 Å². The largest absolute Gasteiger partial charge is 0.532 e. The van der Waals surface area contributed by atoms with Crippen LogP contribution in [-0.4, -0.2) is 5.97 Å². The topological polar surface area (TPSA) is 80.3 Å². The summed E-state index contributed by atoms with van der Waals surface area (Å²) in [5, 5.41) is 4.18. The lowest BCUT2D eigenvalue weighted by Gasteiger charge is -2.26. The zero-order chi connectivity index (χ0) is 54.3. The van der Waals surface area contributed by atoms with E-state index in [1.807, 2.05) is 36.4 Å². The number of carbonyl (C=O) groups excluding carboxylic acids is 1. The number of hydrogen-bond donors (Lipinski definition) is 0. The fourth-order valence-electron chi connectivity index (χ4n) is 11.0. The monoisotopic (exact) mass is 1080 g/mol. The minimum absolute atomic E-state index is 0.265. The standard InChI is InChI=1S/C68H88O7P2/c1-10-18-28-48-37-54(32-22-14-5)64(71-76-70-63-46-53-36-26-25-35-52(53)45-62(63)68(69)75-76)58(41-48)59-42-49(29-19-11-2)38-55(33-23-15-6)65(59)72-77-73-66-56(34-24-16-7)39-50(30-20-12-3)43-60(66)61-44-51(31-21-13-4)40-57(67(61)74-77)47(9)27-17-8/h25-26,35-47H,10-24,27-34H2,1-9H3. The third kappa shape index (κ3) is 14.3. The highest BCUT2D eigenvalue weighted by Crippen LogP contribution is 2.54. The van der Waals surface area contributed by atoms with Crippen molar-refractivity contribution >= 4 is 55.5 Å². The highest BCUT2D eigenvalue weighted by atomic mass is 31.2. The molecule has 3 atom stereocenters. The second kappa shape index (κ2) is 28.6. The third-order valence-electron chi connectivity index (χ3n) is 15.4. The fourth-order valence-corrected chi connectivity index (χ4v) is 13.2. The molecule has 1 aliphatic heterocycles. The molecular formula is C68H88O7P2. The maximum absolute atomic E-state index is 14.0. The summed E-state index contributed by atoms with van der Waals surface area (Å²) in [5.41, 5.74) is 13.9. The first-order chi connectivity index (χ1) is 37.6. The second-order valence-electron chi connectivity index (χ2n) is 21.8. The molecule has 0 N–H and O–H groups in total.